The second-order valence-corrected chi connectivity index (χ2v) is 8.22. The third-order valence-corrected chi connectivity index (χ3v) is 6.27. The van der Waals surface area contributed by atoms with Crippen LogP contribution in [0.4, 0.5) is 0 Å². The minimum atomic E-state index is -3.20. The highest BCUT2D eigenvalue weighted by atomic mass is 32.2. The molecule has 3 rings (SSSR count). The van der Waals surface area contributed by atoms with Crippen LogP contribution in [0.15, 0.2) is 30.3 Å². The zero-order chi connectivity index (χ0) is 13.7. The number of rotatable bonds is 3. The molecule has 0 atom stereocenters. The lowest BCUT2D eigenvalue weighted by Gasteiger charge is -2.58. The van der Waals surface area contributed by atoms with Crippen molar-refractivity contribution >= 4 is 10.2 Å². The highest BCUT2D eigenvalue weighted by Gasteiger charge is 2.55. The molecule has 0 unspecified atom stereocenters. The van der Waals surface area contributed by atoms with Crippen molar-refractivity contribution in [3.8, 4) is 0 Å². The van der Waals surface area contributed by atoms with Gasteiger partial charge in [-0.25, -0.2) is 0 Å². The van der Waals surface area contributed by atoms with Gasteiger partial charge in [-0.3, -0.25) is 0 Å². The molecule has 1 aromatic carbocycles. The molecule has 1 aliphatic heterocycles. The smallest absolute Gasteiger partial charge is 0.195 e. The number of hydrogen-bond donors (Lipinski definition) is 0. The first kappa shape index (κ1) is 13.1. The Morgan fingerprint density at radius 1 is 1.16 bits per heavy atom. The molecule has 104 valence electrons. The average molecular weight is 280 g/mol. The molecule has 1 spiro atoms. The van der Waals surface area contributed by atoms with Gasteiger partial charge < -0.3 is 0 Å². The van der Waals surface area contributed by atoms with Crippen molar-refractivity contribution in [2.45, 2.75) is 18.8 Å². The molecule has 1 aromatic rings. The largest absolute Gasteiger partial charge is 0.281 e. The average Bonchev–Trinajstić information content (AvgIpc) is 2.26. The second kappa shape index (κ2) is 4.30. The predicted octanol–water partition coefficient (Wildman–Crippen LogP) is 1.67. The summed E-state index contributed by atoms with van der Waals surface area (Å²) in [4.78, 5) is 0. The van der Waals surface area contributed by atoms with Crippen LogP contribution in [0.25, 0.3) is 0 Å². The quantitative estimate of drug-likeness (QED) is 0.845. The third-order valence-electron chi connectivity index (χ3n) is 4.44. The predicted molar refractivity (Wildman–Crippen MR) is 75.0 cm³/mol. The van der Waals surface area contributed by atoms with Gasteiger partial charge in [-0.05, 0) is 29.7 Å². The van der Waals surface area contributed by atoms with Gasteiger partial charge in [0.25, 0.3) is 10.2 Å². The van der Waals surface area contributed by atoms with Crippen molar-refractivity contribution < 1.29 is 8.42 Å². The fourth-order valence-electron chi connectivity index (χ4n) is 3.30. The summed E-state index contributed by atoms with van der Waals surface area (Å²) in [6.07, 6.45) is 2.24. The summed E-state index contributed by atoms with van der Waals surface area (Å²) in [5.41, 5.74) is 1.64. The van der Waals surface area contributed by atoms with E-state index in [2.05, 4.69) is 24.3 Å². The van der Waals surface area contributed by atoms with Crippen LogP contribution in [-0.4, -0.2) is 44.2 Å². The monoisotopic (exact) mass is 280 g/mol. The maximum absolute atomic E-state index is 11.9. The van der Waals surface area contributed by atoms with E-state index in [0.717, 1.165) is 12.8 Å². The maximum Gasteiger partial charge on any atom is 0.281 e. The fourth-order valence-corrected chi connectivity index (χ4v) is 4.64. The minimum absolute atomic E-state index is 0.254. The second-order valence-electron chi connectivity index (χ2n) is 6.07. The standard InChI is InChI=1S/C14H20N2O2S/c1-15(2)19(17,18)16-10-14(11-16)8-13(9-14)12-6-4-3-5-7-12/h3-7,13H,8-11H2,1-2H3. The van der Waals surface area contributed by atoms with Crippen molar-refractivity contribution in [1.29, 1.82) is 0 Å². The van der Waals surface area contributed by atoms with E-state index in [1.165, 1.54) is 9.87 Å². The van der Waals surface area contributed by atoms with Crippen LogP contribution < -0.4 is 0 Å². The van der Waals surface area contributed by atoms with E-state index in [1.54, 1.807) is 18.4 Å². The number of hydrogen-bond acceptors (Lipinski definition) is 2. The Morgan fingerprint density at radius 3 is 2.26 bits per heavy atom. The number of nitrogens with zero attached hydrogens (tertiary/aromatic N) is 2. The normalized spacial score (nSPS) is 23.3. The zero-order valence-corrected chi connectivity index (χ0v) is 12.2. The van der Waals surface area contributed by atoms with Crippen LogP contribution >= 0.6 is 0 Å². The van der Waals surface area contributed by atoms with Crippen LogP contribution in [0.5, 0.6) is 0 Å². The lowest BCUT2D eigenvalue weighted by molar-refractivity contribution is -0.0278. The van der Waals surface area contributed by atoms with Crippen LogP contribution in [-0.2, 0) is 10.2 Å². The highest BCUT2D eigenvalue weighted by molar-refractivity contribution is 7.86. The summed E-state index contributed by atoms with van der Waals surface area (Å²) in [5.74, 6) is 0.616. The molecule has 0 bridgehead atoms. The van der Waals surface area contributed by atoms with Crippen molar-refractivity contribution in [3.63, 3.8) is 0 Å². The first-order valence-electron chi connectivity index (χ1n) is 6.66. The summed E-state index contributed by atoms with van der Waals surface area (Å²) in [6, 6.07) is 10.5. The first-order valence-corrected chi connectivity index (χ1v) is 8.05. The molecule has 0 aromatic heterocycles. The summed E-state index contributed by atoms with van der Waals surface area (Å²) in [6.45, 7) is 1.38. The lowest BCUT2D eigenvalue weighted by Crippen LogP contribution is -2.64. The van der Waals surface area contributed by atoms with E-state index in [-0.39, 0.29) is 5.41 Å². The Balaban J connectivity index is 1.59. The Labute approximate surface area is 115 Å². The molecule has 2 aliphatic rings. The van der Waals surface area contributed by atoms with Crippen molar-refractivity contribution in [1.82, 2.24) is 8.61 Å². The minimum Gasteiger partial charge on any atom is -0.195 e. The molecule has 19 heavy (non-hydrogen) atoms. The van der Waals surface area contributed by atoms with Gasteiger partial charge in [0.2, 0.25) is 0 Å². The zero-order valence-electron chi connectivity index (χ0n) is 11.4. The molecule has 0 amide bonds. The van der Waals surface area contributed by atoms with Gasteiger partial charge in [-0.1, -0.05) is 30.3 Å². The molecule has 4 nitrogen and oxygen atoms in total. The van der Waals surface area contributed by atoms with E-state index in [1.807, 2.05) is 6.07 Å². The molecule has 1 saturated heterocycles. The fraction of sp³-hybridized carbons (Fsp3) is 0.571. The van der Waals surface area contributed by atoms with E-state index in [4.69, 9.17) is 0 Å². The Bertz CT molecular complexity index is 554. The van der Waals surface area contributed by atoms with Crippen LogP contribution in [0.1, 0.15) is 24.3 Å². The Morgan fingerprint density at radius 2 is 1.74 bits per heavy atom. The number of benzene rings is 1. The van der Waals surface area contributed by atoms with Crippen molar-refractivity contribution in [2.24, 2.45) is 5.41 Å². The van der Waals surface area contributed by atoms with Crippen LogP contribution in [0.2, 0.25) is 0 Å². The van der Waals surface area contributed by atoms with Gasteiger partial charge in [0.15, 0.2) is 0 Å². The van der Waals surface area contributed by atoms with Gasteiger partial charge in [-0.15, -0.1) is 0 Å². The Hall–Kier alpha value is -0.910. The molecular weight excluding hydrogens is 260 g/mol. The lowest BCUT2D eigenvalue weighted by atomic mass is 9.57. The molecule has 5 heteroatoms. The molecule has 0 N–H and O–H groups in total. The topological polar surface area (TPSA) is 40.6 Å². The molecule has 1 aliphatic carbocycles. The van der Waals surface area contributed by atoms with E-state index in [0.29, 0.717) is 19.0 Å². The van der Waals surface area contributed by atoms with E-state index >= 15 is 0 Å². The van der Waals surface area contributed by atoms with Gasteiger partial charge in [-0.2, -0.15) is 17.0 Å². The molecule has 0 radical (unpaired) electrons. The molecular formula is C14H20N2O2S. The van der Waals surface area contributed by atoms with Gasteiger partial charge in [0.05, 0.1) is 0 Å². The molecule has 2 fully saturated rings. The first-order chi connectivity index (χ1) is 8.93. The van der Waals surface area contributed by atoms with E-state index in [9.17, 15) is 8.42 Å². The van der Waals surface area contributed by atoms with Crippen LogP contribution in [0.3, 0.4) is 0 Å². The summed E-state index contributed by atoms with van der Waals surface area (Å²) < 4.78 is 26.8. The van der Waals surface area contributed by atoms with Gasteiger partial charge in [0.1, 0.15) is 0 Å². The summed E-state index contributed by atoms with van der Waals surface area (Å²) in [7, 11) is -0.0206. The van der Waals surface area contributed by atoms with Crippen LogP contribution in [0, 0.1) is 5.41 Å². The third kappa shape index (κ3) is 2.10. The highest BCUT2D eigenvalue weighted by Crippen LogP contribution is 2.56. The summed E-state index contributed by atoms with van der Waals surface area (Å²) >= 11 is 0. The molecule has 1 saturated carbocycles. The SMILES string of the molecule is CN(C)S(=O)(=O)N1CC2(CC(c3ccccc3)C2)C1. The Kier molecular flexibility index (Phi) is 2.96. The van der Waals surface area contributed by atoms with E-state index < -0.39 is 10.2 Å². The molecule has 1 heterocycles. The van der Waals surface area contributed by atoms with Crippen molar-refractivity contribution in [3.05, 3.63) is 35.9 Å². The summed E-state index contributed by atoms with van der Waals surface area (Å²) in [5, 5.41) is 0. The van der Waals surface area contributed by atoms with Crippen molar-refractivity contribution in [2.75, 3.05) is 27.2 Å². The maximum atomic E-state index is 11.9. The van der Waals surface area contributed by atoms with Gasteiger partial charge in [0, 0.05) is 27.2 Å². The van der Waals surface area contributed by atoms with Gasteiger partial charge >= 0.3 is 0 Å².